The molecular formula is C83H64N2O3. The summed E-state index contributed by atoms with van der Waals surface area (Å²) in [6.07, 6.45) is 8.68. The van der Waals surface area contributed by atoms with Crippen LogP contribution in [-0.4, -0.2) is 6.10 Å². The van der Waals surface area contributed by atoms with Gasteiger partial charge >= 0.3 is 0 Å². The molecule has 5 nitrogen and oxygen atoms in total. The average Bonchev–Trinajstić information content (AvgIpc) is 1.53. The Labute approximate surface area is 512 Å². The van der Waals surface area contributed by atoms with E-state index in [1.165, 1.54) is 55.1 Å². The van der Waals surface area contributed by atoms with Crippen molar-refractivity contribution >= 4 is 99.5 Å². The molecule has 2 aliphatic carbocycles. The molecule has 2 aromatic heterocycles. The number of ether oxygens (including phenoxy) is 1. The number of hydrogen-bond donors (Lipinski definition) is 0. The van der Waals surface area contributed by atoms with Crippen LogP contribution in [0.4, 0.5) is 34.1 Å². The van der Waals surface area contributed by atoms with Gasteiger partial charge in [-0.05, 0) is 168 Å². The Balaban J connectivity index is 0.985. The monoisotopic (exact) mass is 1140 g/mol. The molecule has 3 aliphatic rings. The highest BCUT2D eigenvalue weighted by molar-refractivity contribution is 6.26. The van der Waals surface area contributed by atoms with Gasteiger partial charge in [-0.1, -0.05) is 211 Å². The van der Waals surface area contributed by atoms with E-state index in [1.54, 1.807) is 0 Å². The van der Waals surface area contributed by atoms with Gasteiger partial charge in [0.2, 0.25) is 0 Å². The fraction of sp³-hybridized carbons (Fsp3) is 0.133. The molecule has 2 atom stereocenters. The highest BCUT2D eigenvalue weighted by atomic mass is 16.5. The number of para-hydroxylation sites is 2. The summed E-state index contributed by atoms with van der Waals surface area (Å²) in [5.74, 6) is 1.07. The minimum absolute atomic E-state index is 0.0114. The van der Waals surface area contributed by atoms with Crippen LogP contribution in [0.25, 0.3) is 76.5 Å². The van der Waals surface area contributed by atoms with E-state index in [0.29, 0.717) is 0 Å². The number of rotatable bonds is 8. The number of anilines is 6. The van der Waals surface area contributed by atoms with Gasteiger partial charge in [-0.25, -0.2) is 0 Å². The number of allylic oxidation sites excluding steroid dienone is 2. The van der Waals surface area contributed by atoms with E-state index in [9.17, 15) is 0 Å². The van der Waals surface area contributed by atoms with E-state index in [1.807, 2.05) is 6.07 Å². The molecule has 0 radical (unpaired) electrons. The maximum Gasteiger partial charge on any atom is 0.145 e. The zero-order valence-electron chi connectivity index (χ0n) is 50.2. The minimum atomic E-state index is -0.869. The third kappa shape index (κ3) is 7.79. The largest absolute Gasteiger partial charge is 0.485 e. The van der Waals surface area contributed by atoms with Crippen LogP contribution < -0.4 is 14.5 Å². The van der Waals surface area contributed by atoms with Gasteiger partial charge in [0.15, 0.2) is 0 Å². The van der Waals surface area contributed by atoms with Crippen molar-refractivity contribution in [2.45, 2.75) is 69.8 Å². The second kappa shape index (κ2) is 19.3. The van der Waals surface area contributed by atoms with Gasteiger partial charge in [-0.15, -0.1) is 0 Å². The Kier molecular flexibility index (Phi) is 11.4. The molecule has 2 unspecified atom stereocenters. The fourth-order valence-corrected chi connectivity index (χ4v) is 15.0. The minimum Gasteiger partial charge on any atom is -0.485 e. The predicted octanol–water partition coefficient (Wildman–Crippen LogP) is 22.7. The normalized spacial score (nSPS) is 15.7. The lowest BCUT2D eigenvalue weighted by molar-refractivity contribution is 0.269. The van der Waals surface area contributed by atoms with Crippen molar-refractivity contribution in [1.82, 2.24) is 0 Å². The van der Waals surface area contributed by atoms with Crippen LogP contribution in [0.3, 0.4) is 0 Å². The number of nitrogens with zero attached hydrogens (tertiary/aromatic N) is 2. The Hall–Kier alpha value is -10.4. The van der Waals surface area contributed by atoms with E-state index in [-0.39, 0.29) is 22.9 Å². The molecule has 88 heavy (non-hydrogen) atoms. The van der Waals surface area contributed by atoms with Crippen molar-refractivity contribution in [2.24, 2.45) is 0 Å². The standard InChI is InChI=1S/C83H64N2O3/c1-81(2,3)51-33-37-55(38-34-51)84(58-42-45-74-67(48-58)61-26-15-18-30-71(61)86-74)57-41-44-64-66(47-57)60-25-13-14-28-63(60)77-78-69(83(79(64)77,53-21-9-7-10-22-53)54-23-11-8-12-24-54)50-70(76-65-29-17-20-32-73(65)88-80(76)78)85(56-39-35-52(36-40-56)82(4,5)6)59-43-46-75-68(49-59)62-27-16-19-31-72(62)87-75/h7-50,61,71H,1-6H3. The van der Waals surface area contributed by atoms with E-state index >= 15 is 0 Å². The Morgan fingerprint density at radius 1 is 0.386 bits per heavy atom. The number of benzene rings is 12. The Morgan fingerprint density at radius 3 is 1.59 bits per heavy atom. The van der Waals surface area contributed by atoms with Crippen LogP contribution in [0.1, 0.15) is 86.4 Å². The summed E-state index contributed by atoms with van der Waals surface area (Å²) in [7, 11) is 0. The van der Waals surface area contributed by atoms with Gasteiger partial charge < -0.3 is 23.4 Å². The molecule has 0 saturated heterocycles. The van der Waals surface area contributed by atoms with Crippen LogP contribution in [-0.2, 0) is 16.2 Å². The first-order valence-electron chi connectivity index (χ1n) is 30.9. The summed E-state index contributed by atoms with van der Waals surface area (Å²) in [4.78, 5) is 4.91. The zero-order chi connectivity index (χ0) is 59.2. The zero-order valence-corrected chi connectivity index (χ0v) is 50.2. The highest BCUT2D eigenvalue weighted by Gasteiger charge is 2.50. The molecule has 12 aromatic carbocycles. The van der Waals surface area contributed by atoms with Gasteiger partial charge in [-0.2, -0.15) is 0 Å². The molecule has 0 spiro atoms. The first kappa shape index (κ1) is 52.0. The molecule has 14 aromatic rings. The van der Waals surface area contributed by atoms with Gasteiger partial charge in [0.05, 0.1) is 16.5 Å². The lowest BCUT2D eigenvalue weighted by Crippen LogP contribution is -2.29. The van der Waals surface area contributed by atoms with Gasteiger partial charge in [0, 0.05) is 61.6 Å². The molecule has 0 amide bonds. The Bertz CT molecular complexity index is 5170. The molecule has 0 saturated carbocycles. The molecule has 0 N–H and O–H groups in total. The third-order valence-corrected chi connectivity index (χ3v) is 19.1. The predicted molar refractivity (Wildman–Crippen MR) is 366 cm³/mol. The first-order valence-corrected chi connectivity index (χ1v) is 30.9. The summed E-state index contributed by atoms with van der Waals surface area (Å²) < 4.78 is 20.7. The number of hydrogen-bond acceptors (Lipinski definition) is 5. The van der Waals surface area contributed by atoms with Crippen molar-refractivity contribution in [3.8, 4) is 16.9 Å². The molecule has 1 aliphatic heterocycles. The van der Waals surface area contributed by atoms with Crippen LogP contribution in [0, 0.1) is 0 Å². The van der Waals surface area contributed by atoms with Crippen molar-refractivity contribution in [3.05, 3.63) is 306 Å². The van der Waals surface area contributed by atoms with Crippen molar-refractivity contribution in [1.29, 1.82) is 0 Å². The topological polar surface area (TPSA) is 42.0 Å². The molecular weight excluding hydrogens is 1070 g/mol. The van der Waals surface area contributed by atoms with Gasteiger partial charge in [-0.3, -0.25) is 0 Å². The maximum absolute atomic E-state index is 7.60. The molecule has 3 heterocycles. The van der Waals surface area contributed by atoms with Gasteiger partial charge in [0.1, 0.15) is 34.2 Å². The summed E-state index contributed by atoms with van der Waals surface area (Å²) in [6, 6.07) is 90.1. The van der Waals surface area contributed by atoms with Crippen molar-refractivity contribution in [3.63, 3.8) is 0 Å². The van der Waals surface area contributed by atoms with E-state index in [0.717, 1.165) is 100 Å². The maximum atomic E-state index is 7.60. The van der Waals surface area contributed by atoms with Crippen LogP contribution in [0.2, 0.25) is 0 Å². The SMILES string of the molecule is CC(C)(C)c1ccc(N(c2ccc3c(c2)C2C=CC=CC2O3)c2ccc3c4c(c5ccccc5c3c2)-c2c(cc(N(c3ccc(C(C)(C)C)cc3)c3ccc5oc6ccccc6c5c3)c3c2oc2ccccc23)C4(c2ccccc2)c2ccccc2)cc1. The first-order chi connectivity index (χ1) is 42.9. The fourth-order valence-electron chi connectivity index (χ4n) is 15.0. The molecule has 0 bridgehead atoms. The molecule has 0 fully saturated rings. The van der Waals surface area contributed by atoms with E-state index in [4.69, 9.17) is 13.6 Å². The summed E-state index contributed by atoms with van der Waals surface area (Å²) in [5, 5.41) is 8.91. The summed E-state index contributed by atoms with van der Waals surface area (Å²) >= 11 is 0. The second-order valence-electron chi connectivity index (χ2n) is 26.3. The van der Waals surface area contributed by atoms with Crippen LogP contribution in [0.5, 0.6) is 5.75 Å². The smallest absolute Gasteiger partial charge is 0.145 e. The number of furan rings is 2. The Morgan fingerprint density at radius 2 is 0.909 bits per heavy atom. The molecule has 424 valence electrons. The molecule has 5 heteroatoms. The quantitative estimate of drug-likeness (QED) is 0.142. The van der Waals surface area contributed by atoms with Gasteiger partial charge in [0.25, 0.3) is 0 Å². The third-order valence-electron chi connectivity index (χ3n) is 19.1. The van der Waals surface area contributed by atoms with E-state index < -0.39 is 5.41 Å². The van der Waals surface area contributed by atoms with E-state index in [2.05, 4.69) is 312 Å². The molecule has 17 rings (SSSR count). The summed E-state index contributed by atoms with van der Waals surface area (Å²) in [5.41, 5.74) is 19.5. The highest BCUT2D eigenvalue weighted by Crippen LogP contribution is 2.64. The van der Waals surface area contributed by atoms with Crippen LogP contribution >= 0.6 is 0 Å². The van der Waals surface area contributed by atoms with Crippen molar-refractivity contribution in [2.75, 3.05) is 9.80 Å². The van der Waals surface area contributed by atoms with Crippen LogP contribution in [0.15, 0.2) is 276 Å². The summed E-state index contributed by atoms with van der Waals surface area (Å²) in [6.45, 7) is 13.7. The lowest BCUT2D eigenvalue weighted by atomic mass is 9.66. The van der Waals surface area contributed by atoms with Crippen molar-refractivity contribution < 1.29 is 13.6 Å². The second-order valence-corrected chi connectivity index (χ2v) is 26.3. The lowest BCUT2D eigenvalue weighted by Gasteiger charge is -2.36. The number of fused-ring (bicyclic) bond motifs is 18. The average molecular weight is 1140 g/mol.